The molecule has 0 radical (unpaired) electrons. The van der Waals surface area contributed by atoms with E-state index in [0.29, 0.717) is 0 Å². The molecule has 0 heterocycles. The lowest BCUT2D eigenvalue weighted by molar-refractivity contribution is 0.812. The van der Waals surface area contributed by atoms with E-state index in [1.165, 1.54) is 41.5 Å². The third-order valence-corrected chi connectivity index (χ3v) is 3.13. The molecule has 1 aromatic carbocycles. The minimum atomic E-state index is 1.24. The summed E-state index contributed by atoms with van der Waals surface area (Å²) in [6.07, 6.45) is 10.8. The summed E-state index contributed by atoms with van der Waals surface area (Å²) < 4.78 is 0. The molecule has 0 spiro atoms. The second kappa shape index (κ2) is 3.54. The van der Waals surface area contributed by atoms with E-state index in [4.69, 9.17) is 0 Å². The van der Waals surface area contributed by atoms with Crippen molar-refractivity contribution < 1.29 is 0 Å². The predicted molar refractivity (Wildman–Crippen MR) is 64.4 cm³/mol. The van der Waals surface area contributed by atoms with Crippen molar-refractivity contribution in [3.8, 4) is 0 Å². The molecule has 0 bridgehead atoms. The lowest BCUT2D eigenvalue weighted by Crippen LogP contribution is -1.90. The molecular weight excluding hydrogens is 180 g/mol. The normalized spacial score (nSPS) is 19.1. The van der Waals surface area contributed by atoms with Crippen LogP contribution in [0.25, 0.3) is 5.57 Å². The first-order valence-electron chi connectivity index (χ1n) is 5.62. The monoisotopic (exact) mass is 194 g/mol. The average molecular weight is 194 g/mol. The van der Waals surface area contributed by atoms with E-state index in [9.17, 15) is 0 Å². The highest BCUT2D eigenvalue weighted by atomic mass is 14.2. The molecule has 74 valence electrons. The Morgan fingerprint density at radius 2 is 1.73 bits per heavy atom. The zero-order valence-corrected chi connectivity index (χ0v) is 8.74. The van der Waals surface area contributed by atoms with Gasteiger partial charge in [0, 0.05) is 0 Å². The summed E-state index contributed by atoms with van der Waals surface area (Å²) in [5, 5.41) is 0. The first-order valence-corrected chi connectivity index (χ1v) is 5.62. The van der Waals surface area contributed by atoms with Gasteiger partial charge in [-0.25, -0.2) is 0 Å². The van der Waals surface area contributed by atoms with E-state index in [1.54, 1.807) is 0 Å². The molecule has 1 aromatic rings. The fourth-order valence-corrected chi connectivity index (χ4v) is 2.33. The van der Waals surface area contributed by atoms with Gasteiger partial charge in [-0.1, -0.05) is 42.5 Å². The first-order chi connectivity index (χ1) is 7.43. The molecule has 0 atom stereocenters. The van der Waals surface area contributed by atoms with Crippen molar-refractivity contribution >= 4 is 5.57 Å². The van der Waals surface area contributed by atoms with E-state index in [-0.39, 0.29) is 0 Å². The SMILES string of the molecule is C1=C2C=C(c3ccccc3)C=C2CCC1. The Balaban J connectivity index is 2.01. The van der Waals surface area contributed by atoms with E-state index in [2.05, 4.69) is 48.6 Å². The number of rotatable bonds is 1. The van der Waals surface area contributed by atoms with Crippen molar-refractivity contribution in [2.45, 2.75) is 19.3 Å². The molecule has 0 heteroatoms. The maximum absolute atomic E-state index is 2.37. The molecule has 2 aliphatic carbocycles. The molecule has 2 aliphatic rings. The Morgan fingerprint density at radius 3 is 2.53 bits per heavy atom. The van der Waals surface area contributed by atoms with Gasteiger partial charge >= 0.3 is 0 Å². The highest BCUT2D eigenvalue weighted by molar-refractivity contribution is 5.83. The summed E-state index contributed by atoms with van der Waals surface area (Å²) >= 11 is 0. The Hall–Kier alpha value is -1.56. The molecular formula is C15H14. The van der Waals surface area contributed by atoms with Crippen LogP contribution in [0.4, 0.5) is 0 Å². The fourth-order valence-electron chi connectivity index (χ4n) is 2.33. The van der Waals surface area contributed by atoms with Crippen molar-refractivity contribution in [1.82, 2.24) is 0 Å². The van der Waals surface area contributed by atoms with Crippen LogP contribution in [-0.4, -0.2) is 0 Å². The quantitative estimate of drug-likeness (QED) is 0.630. The number of hydrogen-bond acceptors (Lipinski definition) is 0. The Kier molecular flexibility index (Phi) is 2.06. The van der Waals surface area contributed by atoms with Crippen molar-refractivity contribution in [2.24, 2.45) is 0 Å². The lowest BCUT2D eigenvalue weighted by Gasteiger charge is -2.09. The average Bonchev–Trinajstić information content (AvgIpc) is 2.74. The van der Waals surface area contributed by atoms with Gasteiger partial charge < -0.3 is 0 Å². The van der Waals surface area contributed by atoms with Crippen LogP contribution < -0.4 is 0 Å². The van der Waals surface area contributed by atoms with Crippen molar-refractivity contribution in [3.63, 3.8) is 0 Å². The van der Waals surface area contributed by atoms with E-state index < -0.39 is 0 Å². The third kappa shape index (κ3) is 1.56. The molecule has 0 saturated carbocycles. The minimum Gasteiger partial charge on any atom is -0.0770 e. The van der Waals surface area contributed by atoms with Gasteiger partial charge in [-0.2, -0.15) is 0 Å². The standard InChI is InChI=1S/C15H14/c1-2-6-12(7-3-1)15-10-13-8-4-5-9-14(13)11-15/h1-3,6-8,10-11H,4-5,9H2. The zero-order valence-electron chi connectivity index (χ0n) is 8.74. The molecule has 0 unspecified atom stereocenters. The summed E-state index contributed by atoms with van der Waals surface area (Å²) in [6, 6.07) is 10.6. The van der Waals surface area contributed by atoms with Gasteiger partial charge in [0.2, 0.25) is 0 Å². The van der Waals surface area contributed by atoms with Crippen LogP contribution in [0.15, 0.2) is 59.7 Å². The van der Waals surface area contributed by atoms with E-state index in [0.717, 1.165) is 0 Å². The summed E-state index contributed by atoms with van der Waals surface area (Å²) in [5.41, 5.74) is 5.69. The van der Waals surface area contributed by atoms with Gasteiger partial charge in [0.15, 0.2) is 0 Å². The highest BCUT2D eigenvalue weighted by Crippen LogP contribution is 2.35. The molecule has 0 nitrogen and oxygen atoms in total. The zero-order chi connectivity index (χ0) is 10.1. The Labute approximate surface area is 90.6 Å². The second-order valence-corrected chi connectivity index (χ2v) is 4.19. The number of hydrogen-bond donors (Lipinski definition) is 0. The maximum atomic E-state index is 2.37. The third-order valence-electron chi connectivity index (χ3n) is 3.13. The maximum Gasteiger partial charge on any atom is -0.0175 e. The largest absolute Gasteiger partial charge is 0.0770 e. The summed E-state index contributed by atoms with van der Waals surface area (Å²) in [6.45, 7) is 0. The van der Waals surface area contributed by atoms with Crippen molar-refractivity contribution in [2.75, 3.05) is 0 Å². The number of fused-ring (bicyclic) bond motifs is 1. The molecule has 3 rings (SSSR count). The first kappa shape index (κ1) is 8.72. The van der Waals surface area contributed by atoms with Gasteiger partial charge in [0.05, 0.1) is 0 Å². The molecule has 0 aliphatic heterocycles. The number of benzene rings is 1. The van der Waals surface area contributed by atoms with Crippen LogP contribution in [0.1, 0.15) is 24.8 Å². The van der Waals surface area contributed by atoms with Crippen LogP contribution in [0.5, 0.6) is 0 Å². The predicted octanol–water partition coefficient (Wildman–Crippen LogP) is 4.12. The fraction of sp³-hybridized carbons (Fsp3) is 0.200. The minimum absolute atomic E-state index is 1.24. The smallest absolute Gasteiger partial charge is 0.0175 e. The summed E-state index contributed by atoms with van der Waals surface area (Å²) in [7, 11) is 0. The van der Waals surface area contributed by atoms with Gasteiger partial charge in [-0.05, 0) is 47.6 Å². The lowest BCUT2D eigenvalue weighted by atomic mass is 9.96. The van der Waals surface area contributed by atoms with Crippen LogP contribution in [0.2, 0.25) is 0 Å². The highest BCUT2D eigenvalue weighted by Gasteiger charge is 2.15. The molecule has 15 heavy (non-hydrogen) atoms. The van der Waals surface area contributed by atoms with Crippen molar-refractivity contribution in [1.29, 1.82) is 0 Å². The summed E-state index contributed by atoms with van der Waals surface area (Å²) in [4.78, 5) is 0. The van der Waals surface area contributed by atoms with Crippen molar-refractivity contribution in [3.05, 3.63) is 65.3 Å². The van der Waals surface area contributed by atoms with E-state index >= 15 is 0 Å². The summed E-state index contributed by atoms with van der Waals surface area (Å²) in [5.74, 6) is 0. The molecule has 0 amide bonds. The molecule has 0 aromatic heterocycles. The van der Waals surface area contributed by atoms with Crippen LogP contribution in [0, 0.1) is 0 Å². The van der Waals surface area contributed by atoms with E-state index in [1.807, 2.05) is 0 Å². The molecule has 0 N–H and O–H groups in total. The number of allylic oxidation sites excluding steroid dienone is 6. The Bertz CT molecular complexity index is 458. The van der Waals surface area contributed by atoms with Gasteiger partial charge in [-0.3, -0.25) is 0 Å². The molecule has 0 saturated heterocycles. The Morgan fingerprint density at radius 1 is 0.867 bits per heavy atom. The molecule has 0 fully saturated rings. The second-order valence-electron chi connectivity index (χ2n) is 4.19. The van der Waals surface area contributed by atoms with Crippen LogP contribution in [0.3, 0.4) is 0 Å². The van der Waals surface area contributed by atoms with Crippen LogP contribution >= 0.6 is 0 Å². The van der Waals surface area contributed by atoms with Gasteiger partial charge in [-0.15, -0.1) is 0 Å². The van der Waals surface area contributed by atoms with Gasteiger partial charge in [0.1, 0.15) is 0 Å². The topological polar surface area (TPSA) is 0 Å². The van der Waals surface area contributed by atoms with Crippen LogP contribution in [-0.2, 0) is 0 Å². The van der Waals surface area contributed by atoms with Gasteiger partial charge in [0.25, 0.3) is 0 Å².